The first-order valence-corrected chi connectivity index (χ1v) is 13.1. The van der Waals surface area contributed by atoms with Crippen molar-refractivity contribution < 1.29 is 14.4 Å². The molecule has 1 aliphatic heterocycles. The van der Waals surface area contributed by atoms with Gasteiger partial charge >= 0.3 is 6.03 Å². The molecule has 2 saturated carbocycles. The Morgan fingerprint density at radius 2 is 1.75 bits per heavy atom. The Hall–Kier alpha value is -3.48. The first kappa shape index (κ1) is 24.2. The number of hydrogen-bond acceptors (Lipinski definition) is 4. The van der Waals surface area contributed by atoms with E-state index in [1.54, 1.807) is 11.0 Å². The van der Waals surface area contributed by atoms with Gasteiger partial charge in [-0.3, -0.25) is 14.6 Å². The largest absolute Gasteiger partial charge is 0.321 e. The van der Waals surface area contributed by atoms with Crippen molar-refractivity contribution in [1.82, 2.24) is 5.32 Å². The van der Waals surface area contributed by atoms with Crippen LogP contribution >= 0.6 is 0 Å². The molecule has 7 nitrogen and oxygen atoms in total. The number of carbonyl (C=O) groups is 3. The zero-order valence-electron chi connectivity index (χ0n) is 21.0. The molecule has 3 amide bonds. The molecule has 2 aromatic carbocycles. The van der Waals surface area contributed by atoms with Crippen molar-refractivity contribution in [2.24, 2.45) is 16.8 Å². The number of ketones is 1. The van der Waals surface area contributed by atoms with Crippen molar-refractivity contribution in [3.63, 3.8) is 0 Å². The molecule has 7 heteroatoms. The SMILES string of the molecule is Cc1cccc(NC(=O)NC2N=C(C3CC3)c3cccc(C)c3N(CC(=O)C3CCCCC3)C2=O)c1. The second-order valence-corrected chi connectivity index (χ2v) is 10.4. The monoisotopic (exact) mass is 486 g/mol. The molecule has 2 N–H and O–H groups in total. The number of nitrogens with zero attached hydrogens (tertiary/aromatic N) is 2. The summed E-state index contributed by atoms with van der Waals surface area (Å²) in [6.07, 6.45) is 5.94. The molecule has 1 unspecified atom stereocenters. The van der Waals surface area contributed by atoms with Crippen molar-refractivity contribution in [3.05, 3.63) is 59.2 Å². The van der Waals surface area contributed by atoms with Crippen molar-refractivity contribution >= 4 is 34.8 Å². The van der Waals surface area contributed by atoms with Crippen molar-refractivity contribution in [2.45, 2.75) is 65.0 Å². The first-order chi connectivity index (χ1) is 17.4. The summed E-state index contributed by atoms with van der Waals surface area (Å²) in [6.45, 7) is 3.92. The first-order valence-electron chi connectivity index (χ1n) is 13.1. The Kier molecular flexibility index (Phi) is 6.90. The van der Waals surface area contributed by atoms with Gasteiger partial charge in [0.15, 0.2) is 5.78 Å². The number of rotatable bonds is 6. The Balaban J connectivity index is 1.46. The minimum absolute atomic E-state index is 0.00645. The summed E-state index contributed by atoms with van der Waals surface area (Å²) in [5.41, 5.74) is 5.08. The van der Waals surface area contributed by atoms with Gasteiger partial charge < -0.3 is 15.5 Å². The van der Waals surface area contributed by atoms with E-state index in [-0.39, 0.29) is 30.1 Å². The predicted molar refractivity (Wildman–Crippen MR) is 141 cm³/mol. The van der Waals surface area contributed by atoms with Crippen LogP contribution in [-0.2, 0) is 9.59 Å². The number of urea groups is 1. The number of carbonyl (C=O) groups excluding carboxylic acids is 3. The van der Waals surface area contributed by atoms with Crippen molar-refractivity contribution in [3.8, 4) is 0 Å². The maximum Gasteiger partial charge on any atom is 0.321 e. The molecule has 0 aromatic heterocycles. The topological polar surface area (TPSA) is 90.9 Å². The van der Waals surface area contributed by atoms with Gasteiger partial charge in [-0.2, -0.15) is 0 Å². The van der Waals surface area contributed by atoms with E-state index < -0.39 is 12.2 Å². The maximum absolute atomic E-state index is 13.9. The summed E-state index contributed by atoms with van der Waals surface area (Å²) in [6, 6.07) is 12.9. The summed E-state index contributed by atoms with van der Waals surface area (Å²) in [5, 5.41) is 5.60. The highest BCUT2D eigenvalue weighted by Gasteiger charge is 2.39. The molecular formula is C29H34N4O3. The number of para-hydroxylation sites is 1. The minimum atomic E-state index is -1.10. The molecule has 2 fully saturated rings. The van der Waals surface area contributed by atoms with Gasteiger partial charge in [0.25, 0.3) is 5.91 Å². The third kappa shape index (κ3) is 5.20. The number of Topliss-reactive ketones (excluding diaryl/α,β-unsaturated/α-hetero) is 1. The van der Waals surface area contributed by atoms with Gasteiger partial charge in [-0.15, -0.1) is 0 Å². The maximum atomic E-state index is 13.9. The van der Waals surface area contributed by atoms with Crippen LogP contribution in [0, 0.1) is 25.7 Å². The van der Waals surface area contributed by atoms with E-state index in [4.69, 9.17) is 4.99 Å². The molecule has 0 spiro atoms. The van der Waals surface area contributed by atoms with Crippen molar-refractivity contribution in [1.29, 1.82) is 0 Å². The van der Waals surface area contributed by atoms with Crippen LogP contribution in [0.4, 0.5) is 16.2 Å². The number of benzodiazepines with no additional fused rings is 1. The van der Waals surface area contributed by atoms with E-state index in [1.807, 2.05) is 50.2 Å². The van der Waals surface area contributed by atoms with Crippen LogP contribution in [0.15, 0.2) is 47.5 Å². The Labute approximate surface area is 212 Å². The predicted octanol–water partition coefficient (Wildman–Crippen LogP) is 5.15. The van der Waals surface area contributed by atoms with Crippen LogP contribution in [-0.4, -0.2) is 36.1 Å². The van der Waals surface area contributed by atoms with Gasteiger partial charge in [0.05, 0.1) is 17.9 Å². The average molecular weight is 487 g/mol. The molecule has 2 aliphatic carbocycles. The molecule has 0 bridgehead atoms. The van der Waals surface area contributed by atoms with Crippen LogP contribution in [0.5, 0.6) is 0 Å². The van der Waals surface area contributed by atoms with Crippen LogP contribution in [0.2, 0.25) is 0 Å². The summed E-state index contributed by atoms with van der Waals surface area (Å²) in [4.78, 5) is 46.6. The van der Waals surface area contributed by atoms with Gasteiger partial charge in [-0.1, -0.05) is 49.6 Å². The zero-order chi connectivity index (χ0) is 25.2. The van der Waals surface area contributed by atoms with E-state index in [0.29, 0.717) is 5.69 Å². The molecule has 2 aromatic rings. The van der Waals surface area contributed by atoms with Crippen LogP contribution in [0.1, 0.15) is 61.6 Å². The highest BCUT2D eigenvalue weighted by molar-refractivity contribution is 6.16. The number of hydrogen-bond donors (Lipinski definition) is 2. The summed E-state index contributed by atoms with van der Waals surface area (Å²) in [7, 11) is 0. The summed E-state index contributed by atoms with van der Waals surface area (Å²) < 4.78 is 0. The minimum Gasteiger partial charge on any atom is -0.308 e. The number of fused-ring (bicyclic) bond motifs is 1. The van der Waals surface area contributed by atoms with Gasteiger partial charge in [0, 0.05) is 23.1 Å². The van der Waals surface area contributed by atoms with Crippen LogP contribution < -0.4 is 15.5 Å². The molecule has 188 valence electrons. The number of anilines is 2. The van der Waals surface area contributed by atoms with Gasteiger partial charge in [-0.25, -0.2) is 4.79 Å². The van der Waals surface area contributed by atoms with Crippen molar-refractivity contribution in [2.75, 3.05) is 16.8 Å². The standard InChI is InChI=1S/C29H34N4O3/c1-18-8-6-12-22(16-18)30-29(36)32-27-28(35)33(17-24(34)20-10-4-3-5-11-20)26-19(2)9-7-13-23(26)25(31-27)21-14-15-21/h6-9,12-13,16,20-21,27H,3-5,10-11,14-15,17H2,1-2H3,(H2,30,32,36). The zero-order valence-corrected chi connectivity index (χ0v) is 21.0. The Morgan fingerprint density at radius 3 is 2.47 bits per heavy atom. The lowest BCUT2D eigenvalue weighted by Crippen LogP contribution is -2.50. The Bertz CT molecular complexity index is 1210. The number of benzene rings is 2. The third-order valence-corrected chi connectivity index (χ3v) is 7.43. The van der Waals surface area contributed by atoms with Gasteiger partial charge in [0.1, 0.15) is 0 Å². The second-order valence-electron chi connectivity index (χ2n) is 10.4. The number of aliphatic imine (C=N–C) groups is 1. The third-order valence-electron chi connectivity index (χ3n) is 7.43. The molecule has 1 atom stereocenters. The highest BCUT2D eigenvalue weighted by atomic mass is 16.2. The van der Waals surface area contributed by atoms with Crippen LogP contribution in [0.25, 0.3) is 0 Å². The lowest BCUT2D eigenvalue weighted by atomic mass is 9.86. The lowest BCUT2D eigenvalue weighted by Gasteiger charge is -2.29. The fourth-order valence-corrected chi connectivity index (χ4v) is 5.40. The number of nitrogens with one attached hydrogen (secondary N) is 2. The van der Waals surface area contributed by atoms with E-state index >= 15 is 0 Å². The smallest absolute Gasteiger partial charge is 0.308 e. The average Bonchev–Trinajstić information content (AvgIpc) is 3.71. The van der Waals surface area contributed by atoms with Gasteiger partial charge in [-0.05, 0) is 62.8 Å². The molecule has 5 rings (SSSR count). The number of aryl methyl sites for hydroxylation is 2. The van der Waals surface area contributed by atoms with Crippen LogP contribution in [0.3, 0.4) is 0 Å². The fraction of sp³-hybridized carbons (Fsp3) is 0.448. The fourth-order valence-electron chi connectivity index (χ4n) is 5.40. The lowest BCUT2D eigenvalue weighted by molar-refractivity contribution is -0.126. The van der Waals surface area contributed by atoms with E-state index in [1.165, 1.54) is 0 Å². The summed E-state index contributed by atoms with van der Waals surface area (Å²) in [5.74, 6) is -0.0292. The normalized spacial score (nSPS) is 20.3. The Morgan fingerprint density at radius 1 is 1.00 bits per heavy atom. The summed E-state index contributed by atoms with van der Waals surface area (Å²) >= 11 is 0. The quantitative estimate of drug-likeness (QED) is 0.592. The van der Waals surface area contributed by atoms with E-state index in [0.717, 1.165) is 73.0 Å². The van der Waals surface area contributed by atoms with Gasteiger partial charge in [0.2, 0.25) is 6.17 Å². The molecular weight excluding hydrogens is 452 g/mol. The molecule has 0 radical (unpaired) electrons. The number of amides is 3. The molecule has 1 heterocycles. The second kappa shape index (κ2) is 10.2. The highest BCUT2D eigenvalue weighted by Crippen LogP contribution is 2.39. The van der Waals surface area contributed by atoms with E-state index in [9.17, 15) is 14.4 Å². The molecule has 36 heavy (non-hydrogen) atoms. The molecule has 3 aliphatic rings. The van der Waals surface area contributed by atoms with E-state index in [2.05, 4.69) is 10.6 Å². The molecule has 0 saturated heterocycles.